The van der Waals surface area contributed by atoms with E-state index in [1.807, 2.05) is 6.92 Å². The Balaban J connectivity index is 2.24. The summed E-state index contributed by atoms with van der Waals surface area (Å²) >= 11 is 0. The van der Waals surface area contributed by atoms with Gasteiger partial charge in [0.1, 0.15) is 25.1 Å². The molecule has 2 N–H and O–H groups in total. The fourth-order valence-electron chi connectivity index (χ4n) is 2.33. The number of hydrogen-bond donors (Lipinski definition) is 2. The minimum atomic E-state index is -3.18. The topological polar surface area (TPSA) is 68.2 Å². The Morgan fingerprint density at radius 3 is 2.75 bits per heavy atom. The van der Waals surface area contributed by atoms with E-state index in [2.05, 4.69) is 6.30 Å². The number of fused-ring (bicyclic) bond motifs is 2. The van der Waals surface area contributed by atoms with E-state index in [4.69, 9.17) is 14.2 Å². The van der Waals surface area contributed by atoms with Crippen molar-refractivity contribution in [2.24, 2.45) is 0 Å². The summed E-state index contributed by atoms with van der Waals surface area (Å²) in [5, 5.41) is 0. The molecule has 2 fully saturated rings. The van der Waals surface area contributed by atoms with Gasteiger partial charge in [-0.2, -0.15) is 0 Å². The molecule has 0 aromatic carbocycles. The van der Waals surface area contributed by atoms with Gasteiger partial charge in [0, 0.05) is 7.11 Å². The van der Waals surface area contributed by atoms with Crippen LogP contribution in [-0.2, 0) is 14.2 Å². The van der Waals surface area contributed by atoms with Crippen LogP contribution in [0.4, 0.5) is 0 Å². The molecule has 0 amide bonds. The third-order valence-corrected chi connectivity index (χ3v) is 3.63. The molecule has 0 aromatic rings. The molecule has 2 bridgehead atoms. The van der Waals surface area contributed by atoms with Crippen molar-refractivity contribution in [1.82, 2.24) is 0 Å². The second-order valence-electron chi connectivity index (χ2n) is 4.31. The molecule has 2 heterocycles. The zero-order valence-corrected chi connectivity index (χ0v) is 10.3. The van der Waals surface area contributed by atoms with Gasteiger partial charge in [-0.25, -0.2) is 0 Å². The monoisotopic (exact) mass is 248 g/mol. The van der Waals surface area contributed by atoms with Gasteiger partial charge in [0.25, 0.3) is 0 Å². The van der Waals surface area contributed by atoms with Crippen LogP contribution < -0.4 is 0 Å². The highest BCUT2D eigenvalue weighted by atomic mass is 31.2. The molecule has 0 saturated carbocycles. The normalized spacial score (nSPS) is 43.4. The Labute approximate surface area is 94.8 Å². The maximum absolute atomic E-state index is 9.26. The summed E-state index contributed by atoms with van der Waals surface area (Å²) in [5.74, 6) is 1.29. The van der Waals surface area contributed by atoms with Crippen molar-refractivity contribution < 1.29 is 24.0 Å². The average Bonchev–Trinajstić information content (AvgIpc) is 2.65. The van der Waals surface area contributed by atoms with Gasteiger partial charge in [-0.05, 0) is 25.1 Å². The number of methoxy groups -OCH3 is 1. The van der Waals surface area contributed by atoms with E-state index in [1.165, 1.54) is 5.82 Å². The summed E-state index contributed by atoms with van der Waals surface area (Å²) in [6.45, 7) is 2.28. The largest absolute Gasteiger partial charge is 0.375 e. The third kappa shape index (κ3) is 1.99. The maximum atomic E-state index is 9.26. The van der Waals surface area contributed by atoms with E-state index in [9.17, 15) is 9.79 Å². The van der Waals surface area contributed by atoms with Crippen LogP contribution in [0.15, 0.2) is 11.9 Å². The summed E-state index contributed by atoms with van der Waals surface area (Å²) in [7, 11) is -1.59. The molecule has 0 aliphatic carbocycles. The lowest BCUT2D eigenvalue weighted by Crippen LogP contribution is -2.39. The quantitative estimate of drug-likeness (QED) is 0.705. The van der Waals surface area contributed by atoms with Crippen LogP contribution in [0.1, 0.15) is 6.92 Å². The Hall–Kier alpha value is -0.160. The van der Waals surface area contributed by atoms with Crippen LogP contribution in [0.2, 0.25) is 0 Å². The standard InChI is InChI=1S/C10H17O5P/c1-7-8-9(13-2)10(15-7,6-14-8)4-5-16(3,11)12/h4-5,7-9,11-12H,3,6H2,1-2H3/b5-4+/t7-,8+,9?,10-/m0/s1. The Morgan fingerprint density at radius 2 is 2.25 bits per heavy atom. The summed E-state index contributed by atoms with van der Waals surface area (Å²) in [5.41, 5.74) is -0.701. The molecule has 0 radical (unpaired) electrons. The highest BCUT2D eigenvalue weighted by Crippen LogP contribution is 2.45. The minimum Gasteiger partial charge on any atom is -0.375 e. The van der Waals surface area contributed by atoms with E-state index in [0.29, 0.717) is 6.61 Å². The highest BCUT2D eigenvalue weighted by Gasteiger charge is 2.59. The van der Waals surface area contributed by atoms with E-state index in [1.54, 1.807) is 13.2 Å². The third-order valence-electron chi connectivity index (χ3n) is 3.00. The molecule has 6 heteroatoms. The number of ether oxygens (including phenoxy) is 3. The van der Waals surface area contributed by atoms with E-state index < -0.39 is 12.9 Å². The van der Waals surface area contributed by atoms with Crippen molar-refractivity contribution in [2.45, 2.75) is 30.8 Å². The lowest BCUT2D eigenvalue weighted by Gasteiger charge is -2.27. The zero-order valence-electron chi connectivity index (χ0n) is 9.37. The Bertz CT molecular complexity index is 349. The molecule has 2 aliphatic heterocycles. The van der Waals surface area contributed by atoms with Gasteiger partial charge in [-0.15, -0.1) is 0 Å². The fourth-order valence-corrected chi connectivity index (χ4v) is 2.82. The molecule has 2 saturated heterocycles. The molecular weight excluding hydrogens is 231 g/mol. The molecule has 0 aromatic heterocycles. The maximum Gasteiger partial charge on any atom is 0.139 e. The van der Waals surface area contributed by atoms with Gasteiger partial charge >= 0.3 is 0 Å². The summed E-state index contributed by atoms with van der Waals surface area (Å²) in [6.07, 6.45) is 4.54. The average molecular weight is 248 g/mol. The van der Waals surface area contributed by atoms with Gasteiger partial charge in [0.05, 0.1) is 12.7 Å². The predicted octanol–water partition coefficient (Wildman–Crippen LogP) is 0.336. The summed E-state index contributed by atoms with van der Waals surface area (Å²) in [6, 6.07) is 0. The molecule has 2 aliphatic rings. The molecule has 5 nitrogen and oxygen atoms in total. The first-order valence-electron chi connectivity index (χ1n) is 5.09. The highest BCUT2D eigenvalue weighted by molar-refractivity contribution is 7.65. The van der Waals surface area contributed by atoms with Gasteiger partial charge in [-0.3, -0.25) is 0 Å². The van der Waals surface area contributed by atoms with Crippen molar-refractivity contribution in [3.63, 3.8) is 0 Å². The van der Waals surface area contributed by atoms with Crippen molar-refractivity contribution in [2.75, 3.05) is 13.7 Å². The van der Waals surface area contributed by atoms with E-state index >= 15 is 0 Å². The Morgan fingerprint density at radius 1 is 1.56 bits per heavy atom. The molecule has 1 unspecified atom stereocenters. The van der Waals surface area contributed by atoms with Crippen molar-refractivity contribution >= 4 is 13.6 Å². The second kappa shape index (κ2) is 3.95. The predicted molar refractivity (Wildman–Crippen MR) is 61.4 cm³/mol. The van der Waals surface area contributed by atoms with Crippen molar-refractivity contribution in [3.8, 4) is 0 Å². The first-order chi connectivity index (χ1) is 7.38. The molecule has 2 rings (SSSR count). The van der Waals surface area contributed by atoms with E-state index in [0.717, 1.165) is 0 Å². The smallest absolute Gasteiger partial charge is 0.139 e. The van der Waals surface area contributed by atoms with Crippen LogP contribution in [0.5, 0.6) is 0 Å². The summed E-state index contributed by atoms with van der Waals surface area (Å²) in [4.78, 5) is 18.5. The molecule has 92 valence electrons. The van der Waals surface area contributed by atoms with Crippen LogP contribution in [0, 0.1) is 0 Å². The van der Waals surface area contributed by atoms with Crippen molar-refractivity contribution in [1.29, 1.82) is 0 Å². The fraction of sp³-hybridized carbons (Fsp3) is 0.700. The number of rotatable bonds is 3. The van der Waals surface area contributed by atoms with E-state index in [-0.39, 0.29) is 18.3 Å². The minimum absolute atomic E-state index is 0.0571. The van der Waals surface area contributed by atoms with Crippen molar-refractivity contribution in [3.05, 3.63) is 11.9 Å². The van der Waals surface area contributed by atoms with Gasteiger partial charge in [0.15, 0.2) is 0 Å². The molecule has 0 spiro atoms. The molecule has 16 heavy (non-hydrogen) atoms. The number of hydrogen-bond acceptors (Lipinski definition) is 5. The summed E-state index contributed by atoms with van der Waals surface area (Å²) < 4.78 is 16.7. The second-order valence-corrected chi connectivity index (χ2v) is 6.18. The molecular formula is C10H17O5P. The molecule has 4 atom stereocenters. The lowest BCUT2D eigenvalue weighted by molar-refractivity contribution is -0.116. The first-order valence-corrected chi connectivity index (χ1v) is 7.04. The van der Waals surface area contributed by atoms with Crippen LogP contribution >= 0.6 is 7.34 Å². The lowest BCUT2D eigenvalue weighted by atomic mass is 9.99. The SMILES string of the molecule is C=P(O)(O)/C=C/[C@]12CO[C@@H](C1OC)[C@H](C)O2. The Kier molecular flexibility index (Phi) is 3.03. The van der Waals surface area contributed by atoms with Gasteiger partial charge in [-0.1, -0.05) is 0 Å². The van der Waals surface area contributed by atoms with Crippen LogP contribution in [0.3, 0.4) is 0 Å². The first kappa shape index (κ1) is 12.3. The zero-order chi connectivity index (χ0) is 12.0. The van der Waals surface area contributed by atoms with Gasteiger partial charge < -0.3 is 24.0 Å². The van der Waals surface area contributed by atoms with Crippen LogP contribution in [0.25, 0.3) is 0 Å². The van der Waals surface area contributed by atoms with Crippen LogP contribution in [-0.4, -0.2) is 53.7 Å². The van der Waals surface area contributed by atoms with Gasteiger partial charge in [0.2, 0.25) is 0 Å².